The van der Waals surface area contributed by atoms with Crippen molar-refractivity contribution in [3.05, 3.63) is 126 Å². The molecule has 202 valence electrons. The second-order valence-electron chi connectivity index (χ2n) is 8.38. The second-order valence-corrected chi connectivity index (χ2v) is 11.0. The van der Waals surface area contributed by atoms with Crippen molar-refractivity contribution in [1.82, 2.24) is 0 Å². The third-order valence-corrected chi connectivity index (χ3v) is 7.22. The highest BCUT2D eigenvalue weighted by Crippen LogP contribution is 2.29. The van der Waals surface area contributed by atoms with Gasteiger partial charge >= 0.3 is 0 Å². The Bertz CT molecular complexity index is 1620. The number of nitrogens with zero attached hydrogens (tertiary/aromatic N) is 1. The molecule has 0 aliphatic rings. The van der Waals surface area contributed by atoms with E-state index in [0.717, 1.165) is 15.6 Å². The number of carbonyl (C=O) groups is 1. The summed E-state index contributed by atoms with van der Waals surface area (Å²) in [5.74, 6) is 0.477. The highest BCUT2D eigenvalue weighted by atomic mass is 79.9. The monoisotopic (exact) mass is 674 g/mol. The Kier molecular flexibility index (Phi) is 10.4. The summed E-state index contributed by atoms with van der Waals surface area (Å²) < 4.78 is 12.5. The van der Waals surface area contributed by atoms with Crippen molar-refractivity contribution in [3.63, 3.8) is 0 Å². The van der Waals surface area contributed by atoms with E-state index in [9.17, 15) is 10.1 Å². The molecule has 0 saturated heterocycles. The smallest absolute Gasteiger partial charge is 0.266 e. The first-order chi connectivity index (χ1) is 19.2. The zero-order chi connectivity index (χ0) is 28.6. The van der Waals surface area contributed by atoms with Crippen LogP contribution in [0.5, 0.6) is 11.5 Å². The standard InChI is InChI=1S/C30H19BrCl4N2O3/c31-22-3-10-29(40-17-19-2-5-24(33)14-28(19)35)20(12-22)11-21(15-36)30(38)37-25-6-8-26(9-7-25)39-16-18-1-4-23(32)13-27(18)34/h1-14H,16-17H2,(H,37,38)/b21-11+. The fraction of sp³-hybridized carbons (Fsp3) is 0.0667. The maximum Gasteiger partial charge on any atom is 0.266 e. The lowest BCUT2D eigenvalue weighted by atomic mass is 10.1. The van der Waals surface area contributed by atoms with Gasteiger partial charge < -0.3 is 14.8 Å². The molecule has 10 heteroatoms. The Morgan fingerprint density at radius 2 is 1.43 bits per heavy atom. The Balaban J connectivity index is 1.43. The van der Waals surface area contributed by atoms with Gasteiger partial charge in [-0.2, -0.15) is 5.26 Å². The third kappa shape index (κ3) is 8.17. The van der Waals surface area contributed by atoms with Gasteiger partial charge in [0, 0.05) is 46.9 Å². The number of rotatable bonds is 9. The first-order valence-corrected chi connectivity index (χ1v) is 14.0. The molecule has 40 heavy (non-hydrogen) atoms. The Morgan fingerprint density at radius 1 is 0.825 bits per heavy atom. The Morgan fingerprint density at radius 3 is 2.00 bits per heavy atom. The van der Waals surface area contributed by atoms with Gasteiger partial charge in [-0.15, -0.1) is 0 Å². The molecule has 0 fully saturated rings. The molecule has 1 amide bonds. The number of ether oxygens (including phenoxy) is 2. The van der Waals surface area contributed by atoms with Gasteiger partial charge in [0.1, 0.15) is 36.4 Å². The highest BCUT2D eigenvalue weighted by Gasteiger charge is 2.13. The quantitative estimate of drug-likeness (QED) is 0.142. The molecule has 1 N–H and O–H groups in total. The molecule has 0 saturated carbocycles. The van der Waals surface area contributed by atoms with E-state index < -0.39 is 5.91 Å². The normalized spacial score (nSPS) is 11.1. The van der Waals surface area contributed by atoms with Crippen LogP contribution < -0.4 is 14.8 Å². The minimum absolute atomic E-state index is 0.106. The largest absolute Gasteiger partial charge is 0.489 e. The molecule has 0 atom stereocenters. The lowest BCUT2D eigenvalue weighted by Crippen LogP contribution is -2.13. The van der Waals surface area contributed by atoms with Crippen LogP contribution in [-0.2, 0) is 18.0 Å². The van der Waals surface area contributed by atoms with Crippen molar-refractivity contribution in [2.24, 2.45) is 0 Å². The number of hydrogen-bond acceptors (Lipinski definition) is 4. The van der Waals surface area contributed by atoms with E-state index in [1.54, 1.807) is 78.9 Å². The predicted molar refractivity (Wildman–Crippen MR) is 164 cm³/mol. The van der Waals surface area contributed by atoms with E-state index in [2.05, 4.69) is 21.2 Å². The second kappa shape index (κ2) is 13.9. The van der Waals surface area contributed by atoms with Gasteiger partial charge in [-0.25, -0.2) is 0 Å². The van der Waals surface area contributed by atoms with Crippen molar-refractivity contribution in [3.8, 4) is 17.6 Å². The van der Waals surface area contributed by atoms with Gasteiger partial charge in [0.25, 0.3) is 5.91 Å². The van der Waals surface area contributed by atoms with Crippen LogP contribution >= 0.6 is 62.3 Å². The summed E-state index contributed by atoms with van der Waals surface area (Å²) in [5, 5.41) is 14.5. The van der Waals surface area contributed by atoms with Crippen LogP contribution in [0.4, 0.5) is 5.69 Å². The number of amides is 1. The average molecular weight is 677 g/mol. The van der Waals surface area contributed by atoms with Gasteiger partial charge in [0.05, 0.1) is 0 Å². The summed E-state index contributed by atoms with van der Waals surface area (Å²) in [6.45, 7) is 0.426. The molecule has 4 aromatic carbocycles. The van der Waals surface area contributed by atoms with Crippen molar-refractivity contribution >= 4 is 80.0 Å². The van der Waals surface area contributed by atoms with Crippen LogP contribution in [0, 0.1) is 11.3 Å². The number of hydrogen-bond donors (Lipinski definition) is 1. The summed E-state index contributed by atoms with van der Waals surface area (Å²) in [6, 6.07) is 24.3. The van der Waals surface area contributed by atoms with Gasteiger partial charge in [-0.3, -0.25) is 4.79 Å². The van der Waals surface area contributed by atoms with Crippen LogP contribution in [0.3, 0.4) is 0 Å². The summed E-state index contributed by atoms with van der Waals surface area (Å²) in [7, 11) is 0. The van der Waals surface area contributed by atoms with Gasteiger partial charge in [-0.05, 0) is 72.8 Å². The molecule has 0 spiro atoms. The van der Waals surface area contributed by atoms with Crippen LogP contribution in [0.25, 0.3) is 6.08 Å². The van der Waals surface area contributed by atoms with Crippen LogP contribution in [0.2, 0.25) is 20.1 Å². The summed E-state index contributed by atoms with van der Waals surface area (Å²) in [5.41, 5.74) is 2.46. The van der Waals surface area contributed by atoms with E-state index in [0.29, 0.717) is 42.8 Å². The molecule has 0 unspecified atom stereocenters. The Hall–Kier alpha value is -3.18. The van der Waals surface area contributed by atoms with E-state index in [1.807, 2.05) is 6.07 Å². The highest BCUT2D eigenvalue weighted by molar-refractivity contribution is 9.10. The third-order valence-electron chi connectivity index (χ3n) is 5.56. The average Bonchev–Trinajstić information content (AvgIpc) is 2.92. The van der Waals surface area contributed by atoms with E-state index >= 15 is 0 Å². The number of nitriles is 1. The number of anilines is 1. The number of halogens is 5. The minimum Gasteiger partial charge on any atom is -0.489 e. The van der Waals surface area contributed by atoms with Crippen molar-refractivity contribution < 1.29 is 14.3 Å². The molecule has 0 heterocycles. The summed E-state index contributed by atoms with van der Waals surface area (Å²) in [4.78, 5) is 12.9. The molecule has 4 aromatic rings. The van der Waals surface area contributed by atoms with E-state index in [4.69, 9.17) is 55.9 Å². The van der Waals surface area contributed by atoms with Crippen LogP contribution in [0.15, 0.2) is 88.9 Å². The lowest BCUT2D eigenvalue weighted by Gasteiger charge is -2.12. The topological polar surface area (TPSA) is 71.3 Å². The molecular weight excluding hydrogens is 658 g/mol. The number of benzene rings is 4. The van der Waals surface area contributed by atoms with Gasteiger partial charge in [0.2, 0.25) is 0 Å². The van der Waals surface area contributed by atoms with Crippen molar-refractivity contribution in [2.45, 2.75) is 13.2 Å². The molecule has 0 aliphatic heterocycles. The van der Waals surface area contributed by atoms with Crippen molar-refractivity contribution in [2.75, 3.05) is 5.32 Å². The molecule has 4 rings (SSSR count). The van der Waals surface area contributed by atoms with Crippen LogP contribution in [-0.4, -0.2) is 5.91 Å². The molecule has 0 radical (unpaired) electrons. The fourth-order valence-electron chi connectivity index (χ4n) is 3.49. The maximum absolute atomic E-state index is 12.9. The molecule has 0 bridgehead atoms. The zero-order valence-corrected chi connectivity index (χ0v) is 25.2. The maximum atomic E-state index is 12.9. The van der Waals surface area contributed by atoms with Crippen LogP contribution in [0.1, 0.15) is 16.7 Å². The molecule has 5 nitrogen and oxygen atoms in total. The SMILES string of the molecule is N#C/C(=C\c1cc(Br)ccc1OCc1ccc(Cl)cc1Cl)C(=O)Nc1ccc(OCc2ccc(Cl)cc2Cl)cc1. The summed E-state index contributed by atoms with van der Waals surface area (Å²) in [6.07, 6.45) is 1.46. The number of nitrogens with one attached hydrogen (secondary N) is 1. The molecule has 0 aromatic heterocycles. The lowest BCUT2D eigenvalue weighted by molar-refractivity contribution is -0.112. The fourth-order valence-corrected chi connectivity index (χ4v) is 4.80. The van der Waals surface area contributed by atoms with E-state index in [1.165, 1.54) is 6.08 Å². The minimum atomic E-state index is -0.573. The number of carbonyl (C=O) groups excluding carboxylic acids is 1. The molecular formula is C30H19BrCl4N2O3. The molecule has 0 aliphatic carbocycles. The Labute approximate surface area is 260 Å². The van der Waals surface area contributed by atoms with E-state index in [-0.39, 0.29) is 18.8 Å². The summed E-state index contributed by atoms with van der Waals surface area (Å²) >= 11 is 27.8. The van der Waals surface area contributed by atoms with Gasteiger partial charge in [0.15, 0.2) is 0 Å². The first-order valence-electron chi connectivity index (χ1n) is 11.7. The zero-order valence-electron chi connectivity index (χ0n) is 20.6. The first kappa shape index (κ1) is 29.8. The van der Waals surface area contributed by atoms with Crippen molar-refractivity contribution in [1.29, 1.82) is 5.26 Å². The van der Waals surface area contributed by atoms with Gasteiger partial charge in [-0.1, -0.05) is 74.5 Å². The predicted octanol–water partition coefficient (Wildman–Crippen LogP) is 9.77.